The highest BCUT2D eigenvalue weighted by Gasteiger charge is 2.42. The largest absolute Gasteiger partial charge is 0.466 e. The van der Waals surface area contributed by atoms with Crippen LogP contribution in [0.15, 0.2) is 56.9 Å². The van der Waals surface area contributed by atoms with Crippen molar-refractivity contribution in [3.8, 4) is 5.75 Å². The number of ether oxygens (including phenoxy) is 1. The van der Waals surface area contributed by atoms with Crippen molar-refractivity contribution in [2.24, 2.45) is 4.99 Å². The zero-order valence-corrected chi connectivity index (χ0v) is 13.7. The van der Waals surface area contributed by atoms with E-state index in [1.54, 1.807) is 23.0 Å². The van der Waals surface area contributed by atoms with Crippen molar-refractivity contribution in [2.45, 2.75) is 25.1 Å². The first-order valence-corrected chi connectivity index (χ1v) is 8.59. The number of fused-ring (bicyclic) bond motifs is 6. The van der Waals surface area contributed by atoms with Crippen LogP contribution in [-0.2, 0) is 0 Å². The molecule has 120 valence electrons. The molecule has 0 fully saturated rings. The highest BCUT2D eigenvalue weighted by Crippen LogP contribution is 2.42. The minimum absolute atomic E-state index is 0.0288. The Kier molecular flexibility index (Phi) is 2.71. The van der Waals surface area contributed by atoms with E-state index >= 15 is 0 Å². The van der Waals surface area contributed by atoms with Crippen molar-refractivity contribution in [3.05, 3.63) is 73.7 Å². The number of nitrogens with zero attached hydrogens (tertiary/aromatic N) is 2. The average molecular weight is 338 g/mol. The fourth-order valence-electron chi connectivity index (χ4n) is 3.44. The van der Waals surface area contributed by atoms with Gasteiger partial charge >= 0.3 is 0 Å². The molecular formula is C18H14N2O3S. The van der Waals surface area contributed by atoms with E-state index in [1.807, 2.05) is 37.3 Å². The van der Waals surface area contributed by atoms with Gasteiger partial charge in [-0.2, -0.15) is 0 Å². The van der Waals surface area contributed by atoms with E-state index < -0.39 is 5.72 Å². The van der Waals surface area contributed by atoms with Gasteiger partial charge in [0.2, 0.25) is 5.72 Å². The molecule has 24 heavy (non-hydrogen) atoms. The molecule has 0 N–H and O–H groups in total. The summed E-state index contributed by atoms with van der Waals surface area (Å²) in [6.45, 7) is 1.97. The second kappa shape index (κ2) is 4.70. The van der Waals surface area contributed by atoms with Gasteiger partial charge in [0.05, 0.1) is 16.8 Å². The normalized spacial score (nSPS) is 24.7. The topological polar surface area (TPSA) is 56.7 Å². The number of benzene rings is 1. The number of furan rings is 1. The Hall–Kier alpha value is -2.60. The molecule has 5 rings (SSSR count). The van der Waals surface area contributed by atoms with Crippen LogP contribution in [0.1, 0.15) is 30.7 Å². The number of hydrogen-bond acceptors (Lipinski definition) is 5. The highest BCUT2D eigenvalue weighted by molar-refractivity contribution is 7.07. The number of rotatable bonds is 1. The Bertz CT molecular complexity index is 1110. The lowest BCUT2D eigenvalue weighted by Gasteiger charge is -2.39. The summed E-state index contributed by atoms with van der Waals surface area (Å²) in [5, 5.41) is 0. The summed E-state index contributed by atoms with van der Waals surface area (Å²) < 4.78 is 13.8. The number of para-hydroxylation sites is 1. The van der Waals surface area contributed by atoms with Gasteiger partial charge in [0, 0.05) is 18.1 Å². The van der Waals surface area contributed by atoms with Gasteiger partial charge in [0.15, 0.2) is 4.80 Å². The first-order valence-electron chi connectivity index (χ1n) is 7.77. The molecule has 6 heteroatoms. The number of aromatic nitrogens is 1. The van der Waals surface area contributed by atoms with Gasteiger partial charge in [0.1, 0.15) is 11.5 Å². The fraction of sp³-hybridized carbons (Fsp3) is 0.222. The molecule has 2 aliphatic heterocycles. The maximum Gasteiger partial charge on any atom is 0.270 e. The molecule has 0 radical (unpaired) electrons. The summed E-state index contributed by atoms with van der Waals surface area (Å²) in [5.41, 5.74) is 0.382. The van der Waals surface area contributed by atoms with Crippen LogP contribution >= 0.6 is 11.3 Å². The maximum atomic E-state index is 13.0. The highest BCUT2D eigenvalue weighted by atomic mass is 32.1. The van der Waals surface area contributed by atoms with Gasteiger partial charge in [-0.25, -0.2) is 4.99 Å². The molecule has 4 heterocycles. The third kappa shape index (κ3) is 1.93. The Morgan fingerprint density at radius 3 is 3.04 bits per heavy atom. The molecule has 3 aromatic rings. The first kappa shape index (κ1) is 13.8. The summed E-state index contributed by atoms with van der Waals surface area (Å²) in [7, 11) is 0. The van der Waals surface area contributed by atoms with Crippen molar-refractivity contribution >= 4 is 17.4 Å². The maximum absolute atomic E-state index is 13.0. The van der Waals surface area contributed by atoms with Crippen molar-refractivity contribution in [1.82, 2.24) is 4.57 Å². The Morgan fingerprint density at radius 2 is 2.21 bits per heavy atom. The number of thiazole rings is 1. The van der Waals surface area contributed by atoms with Gasteiger partial charge < -0.3 is 9.15 Å². The van der Waals surface area contributed by atoms with Crippen molar-refractivity contribution < 1.29 is 9.15 Å². The minimum atomic E-state index is -0.627. The van der Waals surface area contributed by atoms with Crippen molar-refractivity contribution in [1.29, 1.82) is 0 Å². The van der Waals surface area contributed by atoms with Crippen LogP contribution in [0.4, 0.5) is 0 Å². The van der Waals surface area contributed by atoms with E-state index in [9.17, 15) is 4.79 Å². The molecule has 0 saturated carbocycles. The van der Waals surface area contributed by atoms with Gasteiger partial charge in [-0.15, -0.1) is 0 Å². The van der Waals surface area contributed by atoms with Crippen LogP contribution in [0.3, 0.4) is 0 Å². The zero-order chi connectivity index (χ0) is 16.3. The lowest BCUT2D eigenvalue weighted by molar-refractivity contribution is 0.0410. The third-order valence-electron chi connectivity index (χ3n) is 4.48. The van der Waals surface area contributed by atoms with E-state index in [2.05, 4.69) is 0 Å². The lowest BCUT2D eigenvalue weighted by atomic mass is 9.93. The summed E-state index contributed by atoms with van der Waals surface area (Å²) in [4.78, 5) is 18.4. The summed E-state index contributed by atoms with van der Waals surface area (Å²) in [5.74, 6) is 1.47. The Morgan fingerprint density at radius 1 is 1.33 bits per heavy atom. The minimum Gasteiger partial charge on any atom is -0.466 e. The summed E-state index contributed by atoms with van der Waals surface area (Å²) in [6, 6.07) is 11.5. The van der Waals surface area contributed by atoms with Gasteiger partial charge in [-0.3, -0.25) is 9.36 Å². The van der Waals surface area contributed by atoms with E-state index in [4.69, 9.17) is 14.1 Å². The van der Waals surface area contributed by atoms with Crippen LogP contribution in [0.2, 0.25) is 0 Å². The number of hydrogen-bond donors (Lipinski definition) is 0. The molecule has 1 aromatic carbocycles. The fourth-order valence-corrected chi connectivity index (χ4v) is 4.54. The molecule has 0 saturated heterocycles. The van der Waals surface area contributed by atoms with Crippen molar-refractivity contribution in [2.75, 3.05) is 0 Å². The van der Waals surface area contributed by atoms with Crippen molar-refractivity contribution in [3.63, 3.8) is 0 Å². The Labute approximate surface area is 141 Å². The van der Waals surface area contributed by atoms with Gasteiger partial charge in [-0.1, -0.05) is 29.5 Å². The van der Waals surface area contributed by atoms with E-state index in [-0.39, 0.29) is 11.6 Å². The smallest absolute Gasteiger partial charge is 0.270 e. The molecule has 0 aliphatic carbocycles. The average Bonchev–Trinajstić information content (AvgIpc) is 3.16. The van der Waals surface area contributed by atoms with E-state index in [1.165, 1.54) is 11.3 Å². The van der Waals surface area contributed by atoms with E-state index in [0.29, 0.717) is 21.5 Å². The predicted octanol–water partition coefficient (Wildman–Crippen LogP) is 2.05. The molecule has 5 nitrogen and oxygen atoms in total. The second-order valence-corrected chi connectivity index (χ2v) is 7.24. The molecule has 2 atom stereocenters. The van der Waals surface area contributed by atoms with Crippen LogP contribution in [0, 0.1) is 0 Å². The SMILES string of the molecule is C[C@]12C[C@@H](c3ccccc3O1)n1c(s/c(=C\c3ccco3)c1=O)=N2. The molecule has 0 unspecified atom stereocenters. The van der Waals surface area contributed by atoms with Gasteiger partial charge in [0.25, 0.3) is 5.56 Å². The lowest BCUT2D eigenvalue weighted by Crippen LogP contribution is -2.49. The zero-order valence-electron chi connectivity index (χ0n) is 12.9. The molecule has 0 spiro atoms. The standard InChI is InChI=1S/C18H14N2O3S/c1-18-10-13(12-6-2-3-7-14(12)23-18)20-16(21)15(24-17(20)19-18)9-11-5-4-8-22-11/h2-9,13H,10H2,1H3/b15-9-/t13-,18+/m0/s1. The molecule has 2 aromatic heterocycles. The molecule has 0 amide bonds. The van der Waals surface area contributed by atoms with Crippen LogP contribution in [-0.4, -0.2) is 10.3 Å². The third-order valence-corrected chi connectivity index (χ3v) is 5.46. The van der Waals surface area contributed by atoms with Crippen LogP contribution in [0.5, 0.6) is 5.75 Å². The molecule has 2 aliphatic rings. The summed E-state index contributed by atoms with van der Waals surface area (Å²) >= 11 is 1.38. The van der Waals surface area contributed by atoms with E-state index in [0.717, 1.165) is 11.3 Å². The molecule has 2 bridgehead atoms. The summed E-state index contributed by atoms with van der Waals surface area (Å²) in [6.07, 6.45) is 4.03. The quantitative estimate of drug-likeness (QED) is 0.682. The Balaban J connectivity index is 1.80. The first-order chi connectivity index (χ1) is 11.6. The predicted molar refractivity (Wildman–Crippen MR) is 89.9 cm³/mol. The van der Waals surface area contributed by atoms with Crippen LogP contribution < -0.4 is 19.6 Å². The molecular weight excluding hydrogens is 324 g/mol. The van der Waals surface area contributed by atoms with Crippen LogP contribution in [0.25, 0.3) is 6.08 Å². The second-order valence-electron chi connectivity index (χ2n) is 6.23. The monoisotopic (exact) mass is 338 g/mol. The van der Waals surface area contributed by atoms with Gasteiger partial charge in [-0.05, 0) is 25.1 Å².